The van der Waals surface area contributed by atoms with Crippen LogP contribution in [0.2, 0.25) is 0 Å². The summed E-state index contributed by atoms with van der Waals surface area (Å²) in [5.41, 5.74) is 5.14. The second-order valence-electron chi connectivity index (χ2n) is 5.39. The molecule has 0 bridgehead atoms. The van der Waals surface area contributed by atoms with Gasteiger partial charge >= 0.3 is 11.9 Å². The maximum absolute atomic E-state index is 12.4. The van der Waals surface area contributed by atoms with E-state index in [0.717, 1.165) is 0 Å². The molecule has 0 radical (unpaired) electrons. The number of carbonyl (C=O) groups is 4. The van der Waals surface area contributed by atoms with Crippen LogP contribution < -0.4 is 15.8 Å². The van der Waals surface area contributed by atoms with Gasteiger partial charge in [-0.1, -0.05) is 0 Å². The number of furan rings is 1. The van der Waals surface area contributed by atoms with E-state index in [0.29, 0.717) is 0 Å². The summed E-state index contributed by atoms with van der Waals surface area (Å²) in [6.45, 7) is 4.41. The minimum Gasteiger partial charge on any atom is -0.462 e. The normalized spacial score (nSPS) is 10.2. The van der Waals surface area contributed by atoms with Crippen LogP contribution in [0.1, 0.15) is 50.7 Å². The summed E-state index contributed by atoms with van der Waals surface area (Å²) in [6.07, 6.45) is 0. The van der Waals surface area contributed by atoms with Crippen molar-refractivity contribution in [3.05, 3.63) is 46.7 Å². The van der Waals surface area contributed by atoms with Gasteiger partial charge in [0.15, 0.2) is 0 Å². The molecule has 1 aromatic heterocycles. The minimum absolute atomic E-state index is 0.0859. The Balaban J connectivity index is 2.29. The van der Waals surface area contributed by atoms with Crippen molar-refractivity contribution < 1.29 is 33.1 Å². The molecule has 9 nitrogen and oxygen atoms in total. The number of primary amides is 1. The average molecular weight is 374 g/mol. The first kappa shape index (κ1) is 19.7. The van der Waals surface area contributed by atoms with Gasteiger partial charge in [-0.25, -0.2) is 4.79 Å². The Morgan fingerprint density at radius 3 is 2.26 bits per heavy atom. The van der Waals surface area contributed by atoms with E-state index in [1.165, 1.54) is 38.1 Å². The van der Waals surface area contributed by atoms with Gasteiger partial charge in [0, 0.05) is 12.5 Å². The molecule has 2 aromatic rings. The van der Waals surface area contributed by atoms with Gasteiger partial charge in [-0.2, -0.15) is 0 Å². The molecule has 142 valence electrons. The summed E-state index contributed by atoms with van der Waals surface area (Å²) < 4.78 is 15.1. The summed E-state index contributed by atoms with van der Waals surface area (Å²) in [7, 11) is 0. The third kappa shape index (κ3) is 4.51. The number of hydrogen-bond donors (Lipinski definition) is 2. The number of amides is 2. The second kappa shape index (κ2) is 8.17. The molecule has 0 saturated carbocycles. The first-order valence-electron chi connectivity index (χ1n) is 7.94. The fourth-order valence-electron chi connectivity index (χ4n) is 2.33. The summed E-state index contributed by atoms with van der Waals surface area (Å²) in [6, 6.07) is 5.70. The standard InChI is InChI=1S/C18H18N2O7/c1-4-25-18(24)13-9(2)26-17(14(13)15(19)22)20-16(23)11-5-7-12(8-6-11)27-10(3)21/h5-8H,4H2,1-3H3,(H2,19,22)(H,20,23). The molecular weight excluding hydrogens is 356 g/mol. The lowest BCUT2D eigenvalue weighted by molar-refractivity contribution is -0.131. The molecule has 2 rings (SSSR count). The molecule has 0 atom stereocenters. The number of ether oxygens (including phenoxy) is 2. The molecule has 0 spiro atoms. The van der Waals surface area contributed by atoms with Gasteiger partial charge in [-0.3, -0.25) is 19.7 Å². The Labute approximate surface area is 154 Å². The highest BCUT2D eigenvalue weighted by atomic mass is 16.5. The van der Waals surface area contributed by atoms with Gasteiger partial charge in [-0.15, -0.1) is 0 Å². The highest BCUT2D eigenvalue weighted by Gasteiger charge is 2.29. The molecule has 1 heterocycles. The van der Waals surface area contributed by atoms with E-state index < -0.39 is 23.8 Å². The summed E-state index contributed by atoms with van der Waals surface area (Å²) in [4.78, 5) is 47.1. The number of benzene rings is 1. The van der Waals surface area contributed by atoms with Crippen molar-refractivity contribution in [1.82, 2.24) is 0 Å². The van der Waals surface area contributed by atoms with E-state index in [4.69, 9.17) is 19.6 Å². The number of carbonyl (C=O) groups excluding carboxylic acids is 4. The number of rotatable bonds is 6. The van der Waals surface area contributed by atoms with Crippen LogP contribution in [0.3, 0.4) is 0 Å². The predicted octanol–water partition coefficient (Wildman–Crippen LogP) is 2.04. The van der Waals surface area contributed by atoms with Gasteiger partial charge in [0.25, 0.3) is 11.8 Å². The third-order valence-corrected chi connectivity index (χ3v) is 3.42. The first-order valence-corrected chi connectivity index (χ1v) is 7.94. The lowest BCUT2D eigenvalue weighted by atomic mass is 10.1. The minimum atomic E-state index is -0.949. The van der Waals surface area contributed by atoms with E-state index in [1.54, 1.807) is 6.92 Å². The van der Waals surface area contributed by atoms with Crippen molar-refractivity contribution in [1.29, 1.82) is 0 Å². The highest BCUT2D eigenvalue weighted by Crippen LogP contribution is 2.28. The first-order chi connectivity index (χ1) is 12.7. The Morgan fingerprint density at radius 1 is 1.11 bits per heavy atom. The summed E-state index contributed by atoms with van der Waals surface area (Å²) in [5.74, 6) is -2.73. The zero-order chi connectivity index (χ0) is 20.1. The maximum atomic E-state index is 12.4. The van der Waals surface area contributed by atoms with Crippen LogP contribution in [0.5, 0.6) is 5.75 Å². The Hall–Kier alpha value is -3.62. The highest BCUT2D eigenvalue weighted by molar-refractivity contribution is 6.12. The van der Waals surface area contributed by atoms with E-state index in [1.807, 2.05) is 0 Å². The van der Waals surface area contributed by atoms with Gasteiger partial charge in [0.1, 0.15) is 22.6 Å². The van der Waals surface area contributed by atoms with Gasteiger partial charge in [0.05, 0.1) is 6.61 Å². The molecule has 2 amide bonds. The number of nitrogens with one attached hydrogen (secondary N) is 1. The topological polar surface area (TPSA) is 138 Å². The van der Waals surface area contributed by atoms with Crippen molar-refractivity contribution in [2.24, 2.45) is 5.73 Å². The van der Waals surface area contributed by atoms with Crippen LogP contribution >= 0.6 is 0 Å². The molecule has 9 heteroatoms. The van der Waals surface area contributed by atoms with E-state index in [9.17, 15) is 19.2 Å². The molecule has 0 saturated heterocycles. The molecule has 1 aromatic carbocycles. The SMILES string of the molecule is CCOC(=O)c1c(C)oc(NC(=O)c2ccc(OC(C)=O)cc2)c1C(N)=O. The Bertz CT molecular complexity index is 897. The average Bonchev–Trinajstić information content (AvgIpc) is 2.91. The zero-order valence-corrected chi connectivity index (χ0v) is 15.0. The summed E-state index contributed by atoms with van der Waals surface area (Å²) >= 11 is 0. The number of nitrogens with two attached hydrogens (primary N) is 1. The van der Waals surface area contributed by atoms with Gasteiger partial charge in [0.2, 0.25) is 5.88 Å². The van der Waals surface area contributed by atoms with E-state index in [2.05, 4.69) is 5.32 Å². The molecule has 0 aliphatic rings. The van der Waals surface area contributed by atoms with Crippen molar-refractivity contribution in [3.8, 4) is 5.75 Å². The maximum Gasteiger partial charge on any atom is 0.342 e. The monoisotopic (exact) mass is 374 g/mol. The van der Waals surface area contributed by atoms with Crippen molar-refractivity contribution in [3.63, 3.8) is 0 Å². The van der Waals surface area contributed by atoms with Crippen molar-refractivity contribution >= 4 is 29.6 Å². The quantitative estimate of drug-likeness (QED) is 0.583. The van der Waals surface area contributed by atoms with Crippen LogP contribution in [0.15, 0.2) is 28.7 Å². The van der Waals surface area contributed by atoms with Crippen LogP contribution in [0.25, 0.3) is 0 Å². The largest absolute Gasteiger partial charge is 0.462 e. The van der Waals surface area contributed by atoms with Crippen LogP contribution in [0, 0.1) is 6.92 Å². The zero-order valence-electron chi connectivity index (χ0n) is 15.0. The lowest BCUT2D eigenvalue weighted by Crippen LogP contribution is -2.20. The van der Waals surface area contributed by atoms with E-state index >= 15 is 0 Å². The lowest BCUT2D eigenvalue weighted by Gasteiger charge is -2.06. The molecule has 0 unspecified atom stereocenters. The molecule has 3 N–H and O–H groups in total. The van der Waals surface area contributed by atoms with Crippen molar-refractivity contribution in [2.75, 3.05) is 11.9 Å². The predicted molar refractivity (Wildman–Crippen MR) is 93.6 cm³/mol. The summed E-state index contributed by atoms with van der Waals surface area (Å²) in [5, 5.41) is 2.40. The number of aryl methyl sites for hydroxylation is 1. The molecular formula is C18H18N2O7. The number of anilines is 1. The molecule has 27 heavy (non-hydrogen) atoms. The fraction of sp³-hybridized carbons (Fsp3) is 0.222. The molecule has 0 fully saturated rings. The van der Waals surface area contributed by atoms with Gasteiger partial charge in [-0.05, 0) is 38.1 Å². The van der Waals surface area contributed by atoms with Crippen LogP contribution in [0.4, 0.5) is 5.88 Å². The smallest absolute Gasteiger partial charge is 0.342 e. The third-order valence-electron chi connectivity index (χ3n) is 3.42. The Kier molecular flexibility index (Phi) is 5.96. The van der Waals surface area contributed by atoms with Gasteiger partial charge < -0.3 is 19.6 Å². The molecule has 0 aliphatic carbocycles. The van der Waals surface area contributed by atoms with Crippen LogP contribution in [-0.4, -0.2) is 30.4 Å². The van der Waals surface area contributed by atoms with Crippen molar-refractivity contribution in [2.45, 2.75) is 20.8 Å². The Morgan fingerprint density at radius 2 is 1.74 bits per heavy atom. The van der Waals surface area contributed by atoms with E-state index in [-0.39, 0.29) is 40.7 Å². The van der Waals surface area contributed by atoms with Crippen LogP contribution in [-0.2, 0) is 9.53 Å². The second-order valence-corrected chi connectivity index (χ2v) is 5.39. The number of hydrogen-bond acceptors (Lipinski definition) is 7. The fourth-order valence-corrected chi connectivity index (χ4v) is 2.33. The molecule has 0 aliphatic heterocycles. The number of esters is 2.